The summed E-state index contributed by atoms with van der Waals surface area (Å²) in [6, 6.07) is 14.4. The summed E-state index contributed by atoms with van der Waals surface area (Å²) < 4.78 is 17.9. The summed E-state index contributed by atoms with van der Waals surface area (Å²) in [7, 11) is 3.15. The van der Waals surface area contributed by atoms with Crippen LogP contribution in [-0.4, -0.2) is 78.6 Å². The highest BCUT2D eigenvalue weighted by Gasteiger charge is 2.47. The number of rotatable bonds is 15. The van der Waals surface area contributed by atoms with Crippen molar-refractivity contribution < 1.29 is 38.2 Å². The lowest BCUT2D eigenvalue weighted by Gasteiger charge is -2.35. The maximum atomic E-state index is 14.6. The third-order valence-electron chi connectivity index (χ3n) is 11.5. The van der Waals surface area contributed by atoms with Gasteiger partial charge in [0, 0.05) is 30.1 Å². The Bertz CT molecular complexity index is 1980. The summed E-state index contributed by atoms with van der Waals surface area (Å²) in [4.78, 5) is 74.5. The maximum absolute atomic E-state index is 14.6. The molecule has 4 amide bonds. The van der Waals surface area contributed by atoms with Gasteiger partial charge >= 0.3 is 5.97 Å². The first-order chi connectivity index (χ1) is 28.4. The van der Waals surface area contributed by atoms with Gasteiger partial charge in [0.25, 0.3) is 0 Å². The second kappa shape index (κ2) is 19.9. The minimum Gasteiger partial charge on any atom is -0.497 e. The lowest BCUT2D eigenvalue weighted by atomic mass is 9.82. The van der Waals surface area contributed by atoms with E-state index in [1.807, 2.05) is 82.3 Å². The fourth-order valence-electron chi connectivity index (χ4n) is 8.38. The van der Waals surface area contributed by atoms with Crippen molar-refractivity contribution in [2.45, 2.75) is 136 Å². The molecule has 2 aliphatic carbocycles. The van der Waals surface area contributed by atoms with Crippen LogP contribution in [0.4, 0.5) is 0 Å². The Labute approximate surface area is 354 Å². The number of aromatic nitrogens is 1. The molecule has 326 valence electrons. The molecule has 1 heterocycles. The fourth-order valence-corrected chi connectivity index (χ4v) is 8.38. The predicted molar refractivity (Wildman–Crippen MR) is 231 cm³/mol. The van der Waals surface area contributed by atoms with Gasteiger partial charge in [-0.3, -0.25) is 19.2 Å². The molecule has 3 aromatic rings. The van der Waals surface area contributed by atoms with E-state index in [0.717, 1.165) is 43.1 Å². The molecule has 1 aromatic heterocycles. The number of nitrogens with one attached hydrogen (secondary N) is 4. The van der Waals surface area contributed by atoms with Crippen molar-refractivity contribution >= 4 is 40.5 Å². The maximum Gasteiger partial charge on any atom is 0.329 e. The number of esters is 1. The molecule has 0 bridgehead atoms. The van der Waals surface area contributed by atoms with Gasteiger partial charge in [-0.25, -0.2) is 9.78 Å². The average Bonchev–Trinajstić information content (AvgIpc) is 3.64. The van der Waals surface area contributed by atoms with Gasteiger partial charge in [-0.05, 0) is 76.3 Å². The Hall–Kier alpha value is -5.20. The lowest BCUT2D eigenvalue weighted by molar-refractivity contribution is -0.159. The van der Waals surface area contributed by atoms with Gasteiger partial charge in [-0.2, -0.15) is 0 Å². The van der Waals surface area contributed by atoms with Crippen molar-refractivity contribution in [2.75, 3.05) is 14.2 Å². The van der Waals surface area contributed by atoms with Crippen molar-refractivity contribution in [2.24, 2.45) is 23.2 Å². The van der Waals surface area contributed by atoms with Gasteiger partial charge < -0.3 is 35.5 Å². The smallest absolute Gasteiger partial charge is 0.329 e. The SMILES string of the molecule is CCC[C@H](NC(=O)[C@@H]1C[C@H](Oc2cc(-c3ccccc3)nc3cc(OC)ccc23)C[C@@H]1C(=O)N[C@H](C(=O)NC(C(=O)NC)C1CCCCC1)C(C)(C)C)C(=O)OC(C)(C)C. The normalized spacial score (nSPS) is 20.0. The second-order valence-corrected chi connectivity index (χ2v) is 18.4. The van der Waals surface area contributed by atoms with E-state index in [4.69, 9.17) is 19.2 Å². The van der Waals surface area contributed by atoms with E-state index in [1.54, 1.807) is 34.9 Å². The Balaban J connectivity index is 1.47. The second-order valence-electron chi connectivity index (χ2n) is 18.4. The average molecular weight is 828 g/mol. The Morgan fingerprint density at radius 3 is 2.05 bits per heavy atom. The van der Waals surface area contributed by atoms with E-state index in [0.29, 0.717) is 35.6 Å². The third kappa shape index (κ3) is 11.8. The van der Waals surface area contributed by atoms with Crippen LogP contribution in [-0.2, 0) is 28.7 Å². The fraction of sp³-hybridized carbons (Fsp3) is 0.574. The molecule has 60 heavy (non-hydrogen) atoms. The van der Waals surface area contributed by atoms with Crippen LogP contribution in [0.2, 0.25) is 0 Å². The monoisotopic (exact) mass is 827 g/mol. The van der Waals surface area contributed by atoms with Crippen LogP contribution in [0.15, 0.2) is 54.6 Å². The van der Waals surface area contributed by atoms with E-state index < -0.39 is 70.8 Å². The van der Waals surface area contributed by atoms with Gasteiger partial charge in [-0.1, -0.05) is 83.7 Å². The summed E-state index contributed by atoms with van der Waals surface area (Å²) in [5.74, 6) is -2.97. The first kappa shape index (κ1) is 45.9. The molecule has 0 saturated heterocycles. The van der Waals surface area contributed by atoms with Crippen LogP contribution < -0.4 is 30.7 Å². The van der Waals surface area contributed by atoms with Gasteiger partial charge in [0.2, 0.25) is 23.6 Å². The number of benzene rings is 2. The summed E-state index contributed by atoms with van der Waals surface area (Å²) in [5, 5.41) is 12.3. The summed E-state index contributed by atoms with van der Waals surface area (Å²) >= 11 is 0. The first-order valence-electron chi connectivity index (χ1n) is 21.5. The highest BCUT2D eigenvalue weighted by Crippen LogP contribution is 2.39. The molecule has 0 aliphatic heterocycles. The van der Waals surface area contributed by atoms with Crippen molar-refractivity contribution in [1.82, 2.24) is 26.3 Å². The van der Waals surface area contributed by atoms with Crippen LogP contribution >= 0.6 is 0 Å². The highest BCUT2D eigenvalue weighted by molar-refractivity contribution is 5.95. The minimum absolute atomic E-state index is 0.0198. The highest BCUT2D eigenvalue weighted by atomic mass is 16.6. The Morgan fingerprint density at radius 1 is 0.817 bits per heavy atom. The molecule has 13 nitrogen and oxygen atoms in total. The van der Waals surface area contributed by atoms with Crippen molar-refractivity contribution in [3.05, 3.63) is 54.6 Å². The molecule has 0 radical (unpaired) electrons. The third-order valence-corrected chi connectivity index (χ3v) is 11.5. The molecular weight excluding hydrogens is 763 g/mol. The number of amides is 4. The quantitative estimate of drug-likeness (QED) is 0.122. The zero-order valence-electron chi connectivity index (χ0n) is 36.8. The number of hydrogen-bond acceptors (Lipinski definition) is 9. The van der Waals surface area contributed by atoms with Gasteiger partial charge in [0.05, 0.1) is 30.2 Å². The summed E-state index contributed by atoms with van der Waals surface area (Å²) in [5.41, 5.74) is 0.670. The van der Waals surface area contributed by atoms with Crippen LogP contribution in [0.3, 0.4) is 0 Å². The Morgan fingerprint density at radius 2 is 1.47 bits per heavy atom. The van der Waals surface area contributed by atoms with Gasteiger partial charge in [0.15, 0.2) is 0 Å². The zero-order chi connectivity index (χ0) is 43.8. The molecule has 2 fully saturated rings. The molecule has 5 rings (SSSR count). The Kier molecular flexibility index (Phi) is 15.2. The topological polar surface area (TPSA) is 174 Å². The van der Waals surface area contributed by atoms with Crippen LogP contribution in [0.5, 0.6) is 11.5 Å². The molecule has 1 unspecified atom stereocenters. The van der Waals surface area contributed by atoms with E-state index in [9.17, 15) is 24.0 Å². The van der Waals surface area contributed by atoms with Crippen molar-refractivity contribution in [3.63, 3.8) is 0 Å². The predicted octanol–water partition coefficient (Wildman–Crippen LogP) is 6.65. The van der Waals surface area contributed by atoms with Crippen molar-refractivity contribution in [1.29, 1.82) is 0 Å². The number of likely N-dealkylation sites (N-methyl/N-ethyl adjacent to an activating group) is 1. The van der Waals surface area contributed by atoms with Crippen LogP contribution in [0.1, 0.15) is 106 Å². The van der Waals surface area contributed by atoms with E-state index in [1.165, 1.54) is 0 Å². The van der Waals surface area contributed by atoms with Crippen molar-refractivity contribution in [3.8, 4) is 22.8 Å². The molecular formula is C47H65N5O8. The molecule has 0 spiro atoms. The standard InChI is InChI=1S/C47H65N5O8/c1-10-17-35(45(57)60-47(5,6)7)50-41(53)33-24-31(59-38-27-36(28-18-13-11-14-19-28)49-37-26-30(58-9)22-23-32(37)38)25-34(33)42(54)52-40(46(2,3)4)44(56)51-39(43(55)48-8)29-20-15-12-16-21-29/h11,13-14,18-19,22-23,26-27,29,31,33-35,39-40H,10,12,15-17,20-21,24-25H2,1-9H3,(H,48,55)(H,50,53)(H,51,56)(H,52,54)/t31-,33+,34-,35-,39?,40+/m0/s1. The molecule has 2 aliphatic rings. The van der Waals surface area contributed by atoms with E-state index >= 15 is 0 Å². The molecule has 13 heteroatoms. The lowest BCUT2D eigenvalue weighted by Crippen LogP contribution is -2.60. The van der Waals surface area contributed by atoms with Crippen LogP contribution in [0, 0.1) is 23.2 Å². The summed E-state index contributed by atoms with van der Waals surface area (Å²) in [6.07, 6.45) is 5.34. The summed E-state index contributed by atoms with van der Waals surface area (Å²) in [6.45, 7) is 12.8. The number of carbonyl (C=O) groups excluding carboxylic acids is 5. The molecule has 2 saturated carbocycles. The number of carbonyl (C=O) groups is 5. The number of hydrogen-bond donors (Lipinski definition) is 4. The van der Waals surface area contributed by atoms with E-state index in [2.05, 4.69) is 21.3 Å². The number of nitrogens with zero attached hydrogens (tertiary/aromatic N) is 1. The molecule has 2 aromatic carbocycles. The number of fused-ring (bicyclic) bond motifs is 1. The molecule has 6 atom stereocenters. The number of ether oxygens (including phenoxy) is 3. The largest absolute Gasteiger partial charge is 0.497 e. The number of methoxy groups -OCH3 is 1. The van der Waals surface area contributed by atoms with Crippen LogP contribution in [0.25, 0.3) is 22.2 Å². The van der Waals surface area contributed by atoms with E-state index in [-0.39, 0.29) is 24.7 Å². The number of pyridine rings is 1. The first-order valence-corrected chi connectivity index (χ1v) is 21.5. The molecule has 4 N–H and O–H groups in total. The van der Waals surface area contributed by atoms with Gasteiger partial charge in [-0.15, -0.1) is 0 Å². The minimum atomic E-state index is -1.04. The zero-order valence-corrected chi connectivity index (χ0v) is 36.8. The van der Waals surface area contributed by atoms with Gasteiger partial charge in [0.1, 0.15) is 41.3 Å².